The van der Waals surface area contributed by atoms with Crippen LogP contribution in [0.3, 0.4) is 0 Å². The molecule has 0 bridgehead atoms. The van der Waals surface area contributed by atoms with Crippen molar-refractivity contribution in [2.24, 2.45) is 5.92 Å². The van der Waals surface area contributed by atoms with Gasteiger partial charge in [0.25, 0.3) is 0 Å². The van der Waals surface area contributed by atoms with Crippen molar-refractivity contribution in [2.75, 3.05) is 53.3 Å². The second-order valence-corrected chi connectivity index (χ2v) is 9.30. The summed E-state index contributed by atoms with van der Waals surface area (Å²) in [7, 11) is 0. The molecule has 186 valence electrons. The summed E-state index contributed by atoms with van der Waals surface area (Å²) in [5.74, 6) is 0.700. The average molecular weight is 507 g/mol. The molecule has 0 spiro atoms. The van der Waals surface area contributed by atoms with Gasteiger partial charge in [-0.1, -0.05) is 11.6 Å². The second-order valence-electron chi connectivity index (χ2n) is 8.86. The molecule has 10 heteroatoms. The summed E-state index contributed by atoms with van der Waals surface area (Å²) < 4.78 is 5.43. The normalized spacial score (nSPS) is 17.8. The molecule has 2 aromatic carbocycles. The van der Waals surface area contributed by atoms with Gasteiger partial charge >= 0.3 is 0 Å². The van der Waals surface area contributed by atoms with Gasteiger partial charge in [-0.2, -0.15) is 4.98 Å². The highest BCUT2D eigenvalue weighted by atomic mass is 35.5. The van der Waals surface area contributed by atoms with E-state index in [0.29, 0.717) is 36.4 Å². The van der Waals surface area contributed by atoms with E-state index in [2.05, 4.69) is 25.5 Å². The number of carbonyl (C=O) groups is 2. The lowest BCUT2D eigenvalue weighted by Gasteiger charge is -2.28. The maximum Gasteiger partial charge on any atom is 0.229 e. The van der Waals surface area contributed by atoms with Gasteiger partial charge in [-0.05, 0) is 55.5 Å². The van der Waals surface area contributed by atoms with Crippen LogP contribution in [-0.2, 0) is 14.3 Å². The van der Waals surface area contributed by atoms with E-state index in [9.17, 15) is 9.59 Å². The molecule has 1 atom stereocenters. The summed E-state index contributed by atoms with van der Waals surface area (Å²) >= 11 is 5.94. The SMILES string of the molecule is Cc1cc(N2CCOCC2)nc(Nc2ccc(NC(=O)[C@H]3CC(=O)N(c4ccc(Cl)cc4)C3)cc2)n1. The number of nitrogens with one attached hydrogen (secondary N) is 2. The quantitative estimate of drug-likeness (QED) is 0.521. The number of aromatic nitrogens is 2. The molecular weight excluding hydrogens is 480 g/mol. The minimum atomic E-state index is -0.426. The number of rotatable bonds is 6. The number of aryl methyl sites for hydroxylation is 1. The zero-order valence-electron chi connectivity index (χ0n) is 19.9. The van der Waals surface area contributed by atoms with Gasteiger partial charge in [-0.3, -0.25) is 9.59 Å². The van der Waals surface area contributed by atoms with E-state index >= 15 is 0 Å². The predicted molar refractivity (Wildman–Crippen MR) is 140 cm³/mol. The van der Waals surface area contributed by atoms with E-state index in [0.717, 1.165) is 36.0 Å². The molecule has 2 amide bonds. The Morgan fingerprint density at radius 2 is 1.72 bits per heavy atom. The van der Waals surface area contributed by atoms with Gasteiger partial charge in [0.15, 0.2) is 0 Å². The Bertz CT molecular complexity index is 1250. The molecule has 36 heavy (non-hydrogen) atoms. The van der Waals surface area contributed by atoms with Crippen LogP contribution in [0, 0.1) is 12.8 Å². The van der Waals surface area contributed by atoms with Crippen molar-refractivity contribution < 1.29 is 14.3 Å². The summed E-state index contributed by atoms with van der Waals surface area (Å²) in [6.45, 7) is 5.25. The second kappa shape index (κ2) is 10.5. The molecule has 0 unspecified atom stereocenters. The first-order valence-electron chi connectivity index (χ1n) is 11.9. The van der Waals surface area contributed by atoms with Crippen LogP contribution in [0.2, 0.25) is 5.02 Å². The van der Waals surface area contributed by atoms with Crippen molar-refractivity contribution in [3.63, 3.8) is 0 Å². The van der Waals surface area contributed by atoms with Crippen molar-refractivity contribution in [3.05, 3.63) is 65.3 Å². The molecule has 0 aliphatic carbocycles. The van der Waals surface area contributed by atoms with Gasteiger partial charge in [0.05, 0.1) is 19.1 Å². The average Bonchev–Trinajstić information content (AvgIpc) is 3.27. The van der Waals surface area contributed by atoms with Crippen LogP contribution in [0.1, 0.15) is 12.1 Å². The standard InChI is InChI=1S/C26H27ClN6O3/c1-17-14-23(32-10-12-36-13-11-32)31-26(28-17)30-21-6-4-20(5-7-21)29-25(35)18-15-24(34)33(16-18)22-8-2-19(27)3-9-22/h2-9,14,18H,10-13,15-16H2,1H3,(H,29,35)(H,28,30,31)/t18-/m0/s1. The summed E-state index contributed by atoms with van der Waals surface area (Å²) in [6, 6.07) is 16.3. The van der Waals surface area contributed by atoms with E-state index < -0.39 is 5.92 Å². The molecule has 0 saturated carbocycles. The number of hydrogen-bond donors (Lipinski definition) is 2. The topological polar surface area (TPSA) is 99.7 Å². The maximum absolute atomic E-state index is 12.8. The Balaban J connectivity index is 1.20. The number of benzene rings is 2. The van der Waals surface area contributed by atoms with Crippen LogP contribution in [0.4, 0.5) is 28.8 Å². The van der Waals surface area contributed by atoms with Crippen LogP contribution in [0.15, 0.2) is 54.6 Å². The van der Waals surface area contributed by atoms with E-state index in [-0.39, 0.29) is 18.2 Å². The van der Waals surface area contributed by atoms with Crippen molar-refractivity contribution in [1.82, 2.24) is 9.97 Å². The molecule has 3 heterocycles. The van der Waals surface area contributed by atoms with Crippen LogP contribution in [0.5, 0.6) is 0 Å². The Hall–Kier alpha value is -3.69. The number of morpholine rings is 1. The van der Waals surface area contributed by atoms with Gasteiger partial charge in [-0.15, -0.1) is 0 Å². The minimum absolute atomic E-state index is 0.0772. The number of hydrogen-bond acceptors (Lipinski definition) is 7. The maximum atomic E-state index is 12.8. The minimum Gasteiger partial charge on any atom is -0.378 e. The van der Waals surface area contributed by atoms with E-state index in [4.69, 9.17) is 16.3 Å². The molecule has 2 saturated heterocycles. The first-order chi connectivity index (χ1) is 17.4. The highest BCUT2D eigenvalue weighted by Crippen LogP contribution is 2.27. The number of carbonyl (C=O) groups excluding carboxylic acids is 2. The molecule has 2 N–H and O–H groups in total. The lowest BCUT2D eigenvalue weighted by molar-refractivity contribution is -0.122. The lowest BCUT2D eigenvalue weighted by Crippen LogP contribution is -2.36. The number of amides is 2. The van der Waals surface area contributed by atoms with Crippen molar-refractivity contribution in [2.45, 2.75) is 13.3 Å². The molecule has 9 nitrogen and oxygen atoms in total. The molecule has 1 aromatic heterocycles. The number of ether oxygens (including phenoxy) is 1. The highest BCUT2D eigenvalue weighted by molar-refractivity contribution is 6.30. The van der Waals surface area contributed by atoms with Crippen molar-refractivity contribution >= 4 is 52.2 Å². The van der Waals surface area contributed by atoms with Crippen LogP contribution in [-0.4, -0.2) is 54.6 Å². The largest absolute Gasteiger partial charge is 0.378 e. The third-order valence-corrected chi connectivity index (χ3v) is 6.47. The lowest BCUT2D eigenvalue weighted by atomic mass is 10.1. The molecule has 2 aliphatic rings. The first-order valence-corrected chi connectivity index (χ1v) is 12.2. The monoisotopic (exact) mass is 506 g/mol. The molecule has 0 radical (unpaired) electrons. The highest BCUT2D eigenvalue weighted by Gasteiger charge is 2.35. The smallest absolute Gasteiger partial charge is 0.229 e. The molecule has 2 aliphatic heterocycles. The van der Waals surface area contributed by atoms with Crippen molar-refractivity contribution in [3.8, 4) is 0 Å². The summed E-state index contributed by atoms with van der Waals surface area (Å²) in [6.07, 6.45) is 0.171. The Kier molecular flexibility index (Phi) is 7.02. The Morgan fingerprint density at radius 1 is 1.03 bits per heavy atom. The first kappa shape index (κ1) is 24.0. The summed E-state index contributed by atoms with van der Waals surface area (Å²) in [5.41, 5.74) is 3.07. The Labute approximate surface area is 214 Å². The van der Waals surface area contributed by atoms with Crippen molar-refractivity contribution in [1.29, 1.82) is 0 Å². The fraction of sp³-hybridized carbons (Fsp3) is 0.308. The number of anilines is 5. The Morgan fingerprint density at radius 3 is 2.44 bits per heavy atom. The summed E-state index contributed by atoms with van der Waals surface area (Å²) in [5, 5.41) is 6.76. The van der Waals surface area contributed by atoms with E-state index in [1.54, 1.807) is 29.2 Å². The molecule has 2 fully saturated rings. The fourth-order valence-electron chi connectivity index (χ4n) is 4.33. The van der Waals surface area contributed by atoms with E-state index in [1.165, 1.54) is 0 Å². The third-order valence-electron chi connectivity index (χ3n) is 6.22. The molecular formula is C26H27ClN6O3. The number of halogens is 1. The van der Waals surface area contributed by atoms with Gasteiger partial charge in [-0.25, -0.2) is 4.98 Å². The van der Waals surface area contributed by atoms with Crippen LogP contribution < -0.4 is 20.4 Å². The van der Waals surface area contributed by atoms with Gasteiger partial charge in [0, 0.05) is 59.9 Å². The third kappa shape index (κ3) is 5.58. The van der Waals surface area contributed by atoms with E-state index in [1.807, 2.05) is 37.3 Å². The zero-order chi connectivity index (χ0) is 25.1. The number of nitrogens with zero attached hydrogens (tertiary/aromatic N) is 4. The molecule has 5 rings (SSSR count). The van der Waals surface area contributed by atoms with Gasteiger partial charge in [0.1, 0.15) is 5.82 Å². The molecule has 3 aromatic rings. The summed E-state index contributed by atoms with van der Waals surface area (Å²) in [4.78, 5) is 38.3. The van der Waals surface area contributed by atoms with Crippen LogP contribution in [0.25, 0.3) is 0 Å². The van der Waals surface area contributed by atoms with Gasteiger partial charge < -0.3 is 25.2 Å². The zero-order valence-corrected chi connectivity index (χ0v) is 20.7. The fourth-order valence-corrected chi connectivity index (χ4v) is 4.45. The van der Waals surface area contributed by atoms with Crippen LogP contribution >= 0.6 is 11.6 Å². The van der Waals surface area contributed by atoms with Gasteiger partial charge in [0.2, 0.25) is 17.8 Å². The predicted octanol–water partition coefficient (Wildman–Crippen LogP) is 4.01.